The van der Waals surface area contributed by atoms with E-state index in [0.29, 0.717) is 11.6 Å². The van der Waals surface area contributed by atoms with Gasteiger partial charge in [-0.05, 0) is 30.3 Å². The Kier molecular flexibility index (Phi) is 3.78. The highest BCUT2D eigenvalue weighted by Gasteiger charge is 2.05. The van der Waals surface area contributed by atoms with Crippen LogP contribution in [-0.4, -0.2) is 17.5 Å². The van der Waals surface area contributed by atoms with Crippen LogP contribution in [0.15, 0.2) is 66.7 Å². The van der Waals surface area contributed by atoms with E-state index < -0.39 is 0 Å². The smallest absolute Gasteiger partial charge is 0.263 e. The number of fused-ring (bicyclic) bond motifs is 1. The van der Waals surface area contributed by atoms with Gasteiger partial charge >= 0.3 is 0 Å². The summed E-state index contributed by atoms with van der Waals surface area (Å²) in [6.45, 7) is -0.0431. The summed E-state index contributed by atoms with van der Waals surface area (Å²) in [5, 5.41) is 3.77. The van der Waals surface area contributed by atoms with Crippen molar-refractivity contribution in [3.05, 3.63) is 66.7 Å². The molecule has 0 fully saturated rings. The van der Waals surface area contributed by atoms with Gasteiger partial charge in [0.25, 0.3) is 5.91 Å². The highest BCUT2D eigenvalue weighted by molar-refractivity contribution is 5.92. The molecule has 1 N–H and O–H groups in total. The topological polar surface area (TPSA) is 51.2 Å². The predicted octanol–water partition coefficient (Wildman–Crippen LogP) is 3.25. The summed E-state index contributed by atoms with van der Waals surface area (Å²) in [4.78, 5) is 16.2. The van der Waals surface area contributed by atoms with Crippen LogP contribution in [-0.2, 0) is 4.79 Å². The average molecular weight is 278 g/mol. The molecule has 0 aliphatic rings. The molecule has 0 radical (unpaired) electrons. The molecule has 1 heterocycles. The Bertz CT molecular complexity index is 757. The van der Waals surface area contributed by atoms with E-state index in [-0.39, 0.29) is 12.5 Å². The van der Waals surface area contributed by atoms with Crippen LogP contribution in [0.2, 0.25) is 0 Å². The fraction of sp³-hybridized carbons (Fsp3) is 0.0588. The molecular formula is C17H14N2O2. The lowest BCUT2D eigenvalue weighted by Crippen LogP contribution is -2.20. The van der Waals surface area contributed by atoms with Crippen molar-refractivity contribution in [1.29, 1.82) is 0 Å². The standard InChI is InChI=1S/C17H14N2O2/c20-17(12-21-14-7-2-1-3-8-14)19-16-11-10-13-6-4-5-9-15(13)18-16/h1-11H,12H2,(H,18,19,20). The summed E-state index contributed by atoms with van der Waals surface area (Å²) in [6.07, 6.45) is 0. The van der Waals surface area contributed by atoms with Crippen LogP contribution in [0.1, 0.15) is 0 Å². The van der Waals surface area contributed by atoms with E-state index in [9.17, 15) is 4.79 Å². The highest BCUT2D eigenvalue weighted by Crippen LogP contribution is 2.14. The number of hydrogen-bond acceptors (Lipinski definition) is 3. The molecular weight excluding hydrogens is 264 g/mol. The molecule has 1 aromatic heterocycles. The first kappa shape index (κ1) is 13.1. The third-order valence-electron chi connectivity index (χ3n) is 2.98. The lowest BCUT2D eigenvalue weighted by molar-refractivity contribution is -0.118. The summed E-state index contributed by atoms with van der Waals surface area (Å²) in [7, 11) is 0. The number of rotatable bonds is 4. The molecule has 0 aliphatic heterocycles. The first-order valence-electron chi connectivity index (χ1n) is 6.65. The Morgan fingerprint density at radius 1 is 0.952 bits per heavy atom. The van der Waals surface area contributed by atoms with Crippen molar-refractivity contribution in [2.45, 2.75) is 0 Å². The SMILES string of the molecule is O=C(COc1ccccc1)Nc1ccc2ccccc2n1. The average Bonchev–Trinajstić information content (AvgIpc) is 2.54. The molecule has 0 saturated carbocycles. The van der Waals surface area contributed by atoms with Gasteiger partial charge in [-0.2, -0.15) is 0 Å². The largest absolute Gasteiger partial charge is 0.484 e. The minimum absolute atomic E-state index is 0.0431. The number of pyridine rings is 1. The second-order valence-electron chi connectivity index (χ2n) is 4.54. The maximum atomic E-state index is 11.8. The summed E-state index contributed by atoms with van der Waals surface area (Å²) in [5.74, 6) is 0.955. The second kappa shape index (κ2) is 6.05. The monoisotopic (exact) mass is 278 g/mol. The Morgan fingerprint density at radius 2 is 1.71 bits per heavy atom. The number of para-hydroxylation sites is 2. The van der Waals surface area contributed by atoms with Crippen molar-refractivity contribution in [1.82, 2.24) is 4.98 Å². The predicted molar refractivity (Wildman–Crippen MR) is 82.3 cm³/mol. The molecule has 0 unspecified atom stereocenters. The Morgan fingerprint density at radius 3 is 2.57 bits per heavy atom. The van der Waals surface area contributed by atoms with E-state index in [1.54, 1.807) is 6.07 Å². The van der Waals surface area contributed by atoms with E-state index in [4.69, 9.17) is 4.74 Å². The molecule has 104 valence electrons. The van der Waals surface area contributed by atoms with E-state index in [0.717, 1.165) is 10.9 Å². The number of anilines is 1. The van der Waals surface area contributed by atoms with Gasteiger partial charge in [-0.3, -0.25) is 4.79 Å². The zero-order valence-electron chi connectivity index (χ0n) is 11.3. The van der Waals surface area contributed by atoms with Crippen LogP contribution in [0.25, 0.3) is 10.9 Å². The Labute approximate surface area is 122 Å². The highest BCUT2D eigenvalue weighted by atomic mass is 16.5. The van der Waals surface area contributed by atoms with Gasteiger partial charge < -0.3 is 10.1 Å². The lowest BCUT2D eigenvalue weighted by Gasteiger charge is -2.07. The van der Waals surface area contributed by atoms with Crippen molar-refractivity contribution < 1.29 is 9.53 Å². The molecule has 0 saturated heterocycles. The molecule has 2 aromatic carbocycles. The number of benzene rings is 2. The molecule has 0 aliphatic carbocycles. The van der Waals surface area contributed by atoms with Crippen molar-refractivity contribution in [3.63, 3.8) is 0 Å². The molecule has 3 aromatic rings. The summed E-state index contributed by atoms with van der Waals surface area (Å²) < 4.78 is 5.39. The number of carbonyl (C=O) groups is 1. The Balaban J connectivity index is 1.63. The van der Waals surface area contributed by atoms with Gasteiger partial charge in [0.1, 0.15) is 11.6 Å². The van der Waals surface area contributed by atoms with Gasteiger partial charge in [0.15, 0.2) is 6.61 Å². The quantitative estimate of drug-likeness (QED) is 0.797. The summed E-state index contributed by atoms with van der Waals surface area (Å²) in [5.41, 5.74) is 0.847. The third-order valence-corrected chi connectivity index (χ3v) is 2.98. The van der Waals surface area contributed by atoms with Gasteiger partial charge in [-0.15, -0.1) is 0 Å². The minimum Gasteiger partial charge on any atom is -0.484 e. The zero-order valence-corrected chi connectivity index (χ0v) is 11.3. The van der Waals surface area contributed by atoms with E-state index in [1.165, 1.54) is 0 Å². The summed E-state index contributed by atoms with van der Waals surface area (Å²) in [6, 6.07) is 20.7. The Hall–Kier alpha value is -2.88. The normalized spacial score (nSPS) is 10.3. The molecule has 0 bridgehead atoms. The van der Waals surface area contributed by atoms with E-state index >= 15 is 0 Å². The molecule has 0 spiro atoms. The number of nitrogens with one attached hydrogen (secondary N) is 1. The number of aromatic nitrogens is 1. The molecule has 1 amide bonds. The molecule has 4 heteroatoms. The lowest BCUT2D eigenvalue weighted by atomic mass is 10.2. The van der Waals surface area contributed by atoms with Gasteiger partial charge in [0, 0.05) is 5.39 Å². The number of hydrogen-bond donors (Lipinski definition) is 1. The minimum atomic E-state index is -0.235. The first-order valence-corrected chi connectivity index (χ1v) is 6.65. The number of carbonyl (C=O) groups excluding carboxylic acids is 1. The van der Waals surface area contributed by atoms with E-state index in [2.05, 4.69) is 10.3 Å². The van der Waals surface area contributed by atoms with Gasteiger partial charge in [0.05, 0.1) is 5.52 Å². The fourth-order valence-corrected chi connectivity index (χ4v) is 1.98. The molecule has 3 rings (SSSR count). The van der Waals surface area contributed by atoms with Crippen LogP contribution in [0.3, 0.4) is 0 Å². The van der Waals surface area contributed by atoms with Crippen molar-refractivity contribution >= 4 is 22.6 Å². The summed E-state index contributed by atoms with van der Waals surface area (Å²) >= 11 is 0. The van der Waals surface area contributed by atoms with Crippen molar-refractivity contribution in [2.75, 3.05) is 11.9 Å². The second-order valence-corrected chi connectivity index (χ2v) is 4.54. The van der Waals surface area contributed by atoms with Crippen LogP contribution in [0, 0.1) is 0 Å². The first-order chi connectivity index (χ1) is 10.3. The van der Waals surface area contributed by atoms with Gasteiger partial charge in [0.2, 0.25) is 0 Å². The van der Waals surface area contributed by atoms with Gasteiger partial charge in [-0.25, -0.2) is 4.98 Å². The molecule has 4 nitrogen and oxygen atoms in total. The fourth-order valence-electron chi connectivity index (χ4n) is 1.98. The molecule has 21 heavy (non-hydrogen) atoms. The van der Waals surface area contributed by atoms with Crippen molar-refractivity contribution in [3.8, 4) is 5.75 Å². The van der Waals surface area contributed by atoms with Crippen LogP contribution in [0.4, 0.5) is 5.82 Å². The maximum absolute atomic E-state index is 11.8. The maximum Gasteiger partial charge on any atom is 0.263 e. The van der Waals surface area contributed by atoms with Crippen LogP contribution >= 0.6 is 0 Å². The third kappa shape index (κ3) is 3.36. The van der Waals surface area contributed by atoms with Crippen LogP contribution < -0.4 is 10.1 Å². The van der Waals surface area contributed by atoms with Gasteiger partial charge in [-0.1, -0.05) is 36.4 Å². The zero-order chi connectivity index (χ0) is 14.5. The number of amides is 1. The van der Waals surface area contributed by atoms with E-state index in [1.807, 2.05) is 60.7 Å². The molecule has 0 atom stereocenters. The van der Waals surface area contributed by atoms with Crippen LogP contribution in [0.5, 0.6) is 5.75 Å². The van der Waals surface area contributed by atoms with Crippen molar-refractivity contribution in [2.24, 2.45) is 0 Å². The number of ether oxygens (including phenoxy) is 1. The number of nitrogens with zero attached hydrogens (tertiary/aromatic N) is 1.